The van der Waals surface area contributed by atoms with E-state index in [-0.39, 0.29) is 5.91 Å². The molecule has 0 saturated heterocycles. The summed E-state index contributed by atoms with van der Waals surface area (Å²) in [6, 6.07) is 14.8. The molecular formula is C29H28N2O5S. The molecule has 1 N–H and O–H groups in total. The van der Waals surface area contributed by atoms with Crippen molar-refractivity contribution in [3.63, 3.8) is 0 Å². The van der Waals surface area contributed by atoms with E-state index >= 15 is 0 Å². The highest BCUT2D eigenvalue weighted by Crippen LogP contribution is 2.39. The van der Waals surface area contributed by atoms with Crippen LogP contribution in [0.2, 0.25) is 0 Å². The summed E-state index contributed by atoms with van der Waals surface area (Å²) in [5.41, 5.74) is 4.06. The van der Waals surface area contributed by atoms with Gasteiger partial charge in [-0.1, -0.05) is 24.6 Å². The number of thiophene rings is 1. The van der Waals surface area contributed by atoms with E-state index in [4.69, 9.17) is 19.2 Å². The molecule has 5 rings (SSSR count). The number of esters is 1. The highest BCUT2D eigenvalue weighted by Gasteiger charge is 2.27. The Balaban J connectivity index is 1.58. The van der Waals surface area contributed by atoms with Gasteiger partial charge in [0.05, 0.1) is 43.7 Å². The molecule has 0 atom stereocenters. The second kappa shape index (κ2) is 10.6. The van der Waals surface area contributed by atoms with Gasteiger partial charge in [0.15, 0.2) is 11.5 Å². The van der Waals surface area contributed by atoms with Crippen LogP contribution in [-0.4, -0.2) is 38.2 Å². The van der Waals surface area contributed by atoms with Gasteiger partial charge in [0.2, 0.25) is 0 Å². The number of pyridine rings is 1. The fourth-order valence-corrected chi connectivity index (χ4v) is 6.10. The van der Waals surface area contributed by atoms with Crippen molar-refractivity contribution >= 4 is 39.1 Å². The maximum absolute atomic E-state index is 13.8. The van der Waals surface area contributed by atoms with Gasteiger partial charge in [-0.25, -0.2) is 9.78 Å². The summed E-state index contributed by atoms with van der Waals surface area (Å²) in [7, 11) is 4.54. The topological polar surface area (TPSA) is 86.8 Å². The van der Waals surface area contributed by atoms with E-state index < -0.39 is 5.97 Å². The Morgan fingerprint density at radius 2 is 1.70 bits per heavy atom. The number of fused-ring (bicyclic) bond motifs is 2. The number of ether oxygens (including phenoxy) is 3. The number of hydrogen-bond acceptors (Lipinski definition) is 7. The third kappa shape index (κ3) is 4.76. The Morgan fingerprint density at radius 3 is 2.49 bits per heavy atom. The number of nitrogens with one attached hydrogen (secondary N) is 1. The molecule has 2 aromatic heterocycles. The number of aromatic nitrogens is 1. The third-order valence-corrected chi connectivity index (χ3v) is 7.89. The molecule has 2 heterocycles. The number of amides is 1. The Bertz CT molecular complexity index is 1490. The van der Waals surface area contributed by atoms with Crippen LogP contribution in [0, 0.1) is 0 Å². The van der Waals surface area contributed by atoms with Gasteiger partial charge in [0.1, 0.15) is 5.00 Å². The fraction of sp³-hybridized carbons (Fsp3) is 0.276. The summed E-state index contributed by atoms with van der Waals surface area (Å²) in [5.74, 6) is 0.462. The molecule has 0 unspecified atom stereocenters. The first-order chi connectivity index (χ1) is 18.0. The van der Waals surface area contributed by atoms with Crippen LogP contribution in [0.15, 0.2) is 48.5 Å². The molecule has 4 aromatic rings. The summed E-state index contributed by atoms with van der Waals surface area (Å²) < 4.78 is 15.9. The minimum absolute atomic E-state index is 0.304. The Kier molecular flexibility index (Phi) is 7.10. The van der Waals surface area contributed by atoms with E-state index in [2.05, 4.69) is 5.32 Å². The number of anilines is 1. The van der Waals surface area contributed by atoms with Crippen molar-refractivity contribution in [2.45, 2.75) is 32.1 Å². The van der Waals surface area contributed by atoms with Crippen LogP contribution in [0.1, 0.15) is 50.4 Å². The lowest BCUT2D eigenvalue weighted by Gasteiger charge is -2.13. The molecule has 1 aliphatic carbocycles. The Labute approximate surface area is 219 Å². The van der Waals surface area contributed by atoms with Gasteiger partial charge in [-0.3, -0.25) is 4.79 Å². The van der Waals surface area contributed by atoms with Crippen LogP contribution < -0.4 is 14.8 Å². The maximum Gasteiger partial charge on any atom is 0.341 e. The van der Waals surface area contributed by atoms with E-state index in [0.717, 1.165) is 53.5 Å². The SMILES string of the molecule is COC(=O)c1c(NC(=O)c2cc(-c3ccc(OC)c(OC)c3)nc3ccccc23)sc2c1CCCCC2. The quantitative estimate of drug-likeness (QED) is 0.239. The van der Waals surface area contributed by atoms with E-state index in [1.165, 1.54) is 18.4 Å². The predicted molar refractivity (Wildman–Crippen MR) is 145 cm³/mol. The number of para-hydroxylation sites is 1. The van der Waals surface area contributed by atoms with Crippen molar-refractivity contribution in [2.24, 2.45) is 0 Å². The number of carbonyl (C=O) groups excluding carboxylic acids is 2. The van der Waals surface area contributed by atoms with Gasteiger partial charge < -0.3 is 19.5 Å². The van der Waals surface area contributed by atoms with Gasteiger partial charge in [-0.15, -0.1) is 11.3 Å². The summed E-state index contributed by atoms with van der Waals surface area (Å²) >= 11 is 1.48. The third-order valence-electron chi connectivity index (χ3n) is 6.68. The molecule has 1 amide bonds. The first-order valence-electron chi connectivity index (χ1n) is 12.2. The average Bonchev–Trinajstić information content (AvgIpc) is 3.10. The molecule has 0 saturated carbocycles. The van der Waals surface area contributed by atoms with Crippen LogP contribution in [0.3, 0.4) is 0 Å². The standard InChI is InChI=1S/C29H28N2O5S/c1-34-23-14-13-17(15-24(23)35-2)22-16-20(18-9-7-8-11-21(18)30-22)27(32)31-28-26(29(33)36-3)19-10-5-4-6-12-25(19)37-28/h7-9,11,13-16H,4-6,10,12H2,1-3H3,(H,31,32). The second-order valence-corrected chi connectivity index (χ2v) is 9.96. The molecule has 0 aliphatic heterocycles. The van der Waals surface area contributed by atoms with Crippen LogP contribution in [0.4, 0.5) is 5.00 Å². The molecule has 37 heavy (non-hydrogen) atoms. The van der Waals surface area contributed by atoms with Gasteiger partial charge in [-0.05, 0) is 61.6 Å². The van der Waals surface area contributed by atoms with E-state index in [1.54, 1.807) is 20.3 Å². The molecule has 0 radical (unpaired) electrons. The summed E-state index contributed by atoms with van der Waals surface area (Å²) in [4.78, 5) is 32.5. The minimum atomic E-state index is -0.416. The lowest BCUT2D eigenvalue weighted by Crippen LogP contribution is -2.15. The van der Waals surface area contributed by atoms with E-state index in [0.29, 0.717) is 38.8 Å². The van der Waals surface area contributed by atoms with Gasteiger partial charge in [-0.2, -0.15) is 0 Å². The molecule has 1 aliphatic rings. The number of benzene rings is 2. The normalized spacial score (nSPS) is 12.9. The van der Waals surface area contributed by atoms with Crippen molar-refractivity contribution in [1.82, 2.24) is 4.98 Å². The first kappa shape index (κ1) is 24.8. The zero-order valence-electron chi connectivity index (χ0n) is 21.1. The molecule has 0 spiro atoms. The number of hydrogen-bond donors (Lipinski definition) is 1. The summed E-state index contributed by atoms with van der Waals surface area (Å²) in [6.07, 6.45) is 4.94. The van der Waals surface area contributed by atoms with E-state index in [1.807, 2.05) is 42.5 Å². The highest BCUT2D eigenvalue weighted by molar-refractivity contribution is 7.17. The molecule has 2 aromatic carbocycles. The van der Waals surface area contributed by atoms with Gasteiger partial charge >= 0.3 is 5.97 Å². The molecule has 0 fully saturated rings. The summed E-state index contributed by atoms with van der Waals surface area (Å²) in [6.45, 7) is 0. The number of aryl methyl sites for hydroxylation is 1. The molecule has 190 valence electrons. The predicted octanol–water partition coefficient (Wildman–Crippen LogP) is 6.29. The van der Waals surface area contributed by atoms with Crippen molar-refractivity contribution in [3.8, 4) is 22.8 Å². The first-order valence-corrected chi connectivity index (χ1v) is 13.0. The van der Waals surface area contributed by atoms with Crippen molar-refractivity contribution in [2.75, 3.05) is 26.6 Å². The largest absolute Gasteiger partial charge is 0.493 e. The van der Waals surface area contributed by atoms with Crippen molar-refractivity contribution in [1.29, 1.82) is 0 Å². The van der Waals surface area contributed by atoms with Crippen molar-refractivity contribution in [3.05, 3.63) is 70.1 Å². The number of rotatable bonds is 6. The lowest BCUT2D eigenvalue weighted by atomic mass is 10.0. The fourth-order valence-electron chi connectivity index (χ4n) is 4.83. The van der Waals surface area contributed by atoms with Crippen LogP contribution >= 0.6 is 11.3 Å². The summed E-state index contributed by atoms with van der Waals surface area (Å²) in [5, 5.41) is 4.30. The number of methoxy groups -OCH3 is 3. The minimum Gasteiger partial charge on any atom is -0.493 e. The van der Waals surface area contributed by atoms with Crippen LogP contribution in [0.5, 0.6) is 11.5 Å². The average molecular weight is 517 g/mol. The molecular weight excluding hydrogens is 488 g/mol. The maximum atomic E-state index is 13.8. The smallest absolute Gasteiger partial charge is 0.341 e. The van der Waals surface area contributed by atoms with E-state index in [9.17, 15) is 9.59 Å². The van der Waals surface area contributed by atoms with Crippen LogP contribution in [-0.2, 0) is 17.6 Å². The molecule has 0 bridgehead atoms. The Hall–Kier alpha value is -3.91. The van der Waals surface area contributed by atoms with Gasteiger partial charge in [0.25, 0.3) is 5.91 Å². The zero-order chi connectivity index (χ0) is 25.9. The number of carbonyl (C=O) groups is 2. The zero-order valence-corrected chi connectivity index (χ0v) is 21.9. The molecule has 7 nitrogen and oxygen atoms in total. The van der Waals surface area contributed by atoms with Crippen molar-refractivity contribution < 1.29 is 23.8 Å². The number of nitrogens with zero attached hydrogens (tertiary/aromatic N) is 1. The highest BCUT2D eigenvalue weighted by atomic mass is 32.1. The van der Waals surface area contributed by atoms with Crippen LogP contribution in [0.25, 0.3) is 22.2 Å². The molecule has 8 heteroatoms. The Morgan fingerprint density at radius 1 is 0.919 bits per heavy atom. The monoisotopic (exact) mass is 516 g/mol. The van der Waals surface area contributed by atoms with Gasteiger partial charge in [0, 0.05) is 15.8 Å². The lowest BCUT2D eigenvalue weighted by molar-refractivity contribution is 0.0601. The second-order valence-electron chi connectivity index (χ2n) is 8.86.